The number of amides is 1. The van der Waals surface area contributed by atoms with Crippen molar-refractivity contribution in [2.45, 2.75) is 44.9 Å². The van der Waals surface area contributed by atoms with Gasteiger partial charge in [-0.25, -0.2) is 0 Å². The van der Waals surface area contributed by atoms with Gasteiger partial charge in [0.25, 0.3) is 5.91 Å². The van der Waals surface area contributed by atoms with Gasteiger partial charge in [0.1, 0.15) is 0 Å². The third-order valence-corrected chi connectivity index (χ3v) is 3.42. The van der Waals surface area contributed by atoms with E-state index in [4.69, 9.17) is 4.74 Å². The quantitative estimate of drug-likeness (QED) is 0.879. The fraction of sp³-hybridized carbons (Fsp3) is 0.533. The molecule has 0 saturated carbocycles. The summed E-state index contributed by atoms with van der Waals surface area (Å²) in [7, 11) is 1.64. The molecule has 4 nitrogen and oxygen atoms in total. The lowest BCUT2D eigenvalue weighted by atomic mass is 9.99. The molecule has 19 heavy (non-hydrogen) atoms. The van der Waals surface area contributed by atoms with Crippen molar-refractivity contribution in [1.82, 2.24) is 5.32 Å². The van der Waals surface area contributed by atoms with Crippen LogP contribution in [0.5, 0.6) is 0 Å². The highest BCUT2D eigenvalue weighted by Crippen LogP contribution is 2.23. The van der Waals surface area contributed by atoms with Crippen molar-refractivity contribution in [1.29, 1.82) is 0 Å². The molecule has 0 radical (unpaired) electrons. The molecule has 2 unspecified atom stereocenters. The molecule has 1 aromatic carbocycles. The molecule has 2 N–H and O–H groups in total. The second-order valence-corrected chi connectivity index (χ2v) is 5.23. The van der Waals surface area contributed by atoms with Gasteiger partial charge >= 0.3 is 0 Å². The van der Waals surface area contributed by atoms with Crippen molar-refractivity contribution in [3.8, 4) is 0 Å². The van der Waals surface area contributed by atoms with Crippen LogP contribution in [0, 0.1) is 0 Å². The molecule has 0 aromatic heterocycles. The van der Waals surface area contributed by atoms with E-state index >= 15 is 0 Å². The Kier molecular flexibility index (Phi) is 4.43. The molecule has 1 aliphatic heterocycles. The maximum Gasteiger partial charge on any atom is 0.251 e. The molecule has 104 valence electrons. The predicted octanol–water partition coefficient (Wildman–Crippen LogP) is 2.41. The number of carbonyl (C=O) groups excluding carboxylic acids is 1. The van der Waals surface area contributed by atoms with Crippen molar-refractivity contribution < 1.29 is 9.53 Å². The van der Waals surface area contributed by atoms with E-state index in [0.29, 0.717) is 11.6 Å². The summed E-state index contributed by atoms with van der Waals surface area (Å²) in [5.41, 5.74) is 1.67. The topological polar surface area (TPSA) is 50.4 Å². The van der Waals surface area contributed by atoms with E-state index in [1.807, 2.05) is 24.3 Å². The van der Waals surface area contributed by atoms with Crippen LogP contribution in [-0.2, 0) is 4.74 Å². The van der Waals surface area contributed by atoms with Gasteiger partial charge in [-0.1, -0.05) is 6.07 Å². The molecule has 1 fully saturated rings. The molecule has 2 rings (SSSR count). The van der Waals surface area contributed by atoms with Crippen LogP contribution in [0.3, 0.4) is 0 Å². The maximum absolute atomic E-state index is 11.6. The lowest BCUT2D eigenvalue weighted by Crippen LogP contribution is -2.36. The van der Waals surface area contributed by atoms with Crippen LogP contribution in [0.1, 0.15) is 37.0 Å². The molecule has 0 spiro atoms. The molecule has 2 atom stereocenters. The lowest BCUT2D eigenvalue weighted by molar-refractivity contribution is -0.0337. The summed E-state index contributed by atoms with van der Waals surface area (Å²) in [5, 5.41) is 6.14. The zero-order valence-corrected chi connectivity index (χ0v) is 11.8. The van der Waals surface area contributed by atoms with Crippen LogP contribution in [0.15, 0.2) is 24.3 Å². The van der Waals surface area contributed by atoms with Gasteiger partial charge in [0.05, 0.1) is 12.2 Å². The summed E-state index contributed by atoms with van der Waals surface area (Å²) in [6.45, 7) is 4.20. The van der Waals surface area contributed by atoms with Crippen LogP contribution in [-0.4, -0.2) is 31.2 Å². The number of ether oxygens (including phenoxy) is 1. The smallest absolute Gasteiger partial charge is 0.251 e. The van der Waals surface area contributed by atoms with E-state index in [9.17, 15) is 4.79 Å². The number of hydrogen-bond acceptors (Lipinski definition) is 3. The van der Waals surface area contributed by atoms with E-state index in [0.717, 1.165) is 18.5 Å². The van der Waals surface area contributed by atoms with Crippen LogP contribution in [0.2, 0.25) is 0 Å². The van der Waals surface area contributed by atoms with Gasteiger partial charge in [-0.05, 0) is 44.9 Å². The first-order valence-corrected chi connectivity index (χ1v) is 6.82. The largest absolute Gasteiger partial charge is 0.382 e. The summed E-state index contributed by atoms with van der Waals surface area (Å²) < 4.78 is 5.73. The Balaban J connectivity index is 2.04. The minimum absolute atomic E-state index is 0.0580. The summed E-state index contributed by atoms with van der Waals surface area (Å²) in [4.78, 5) is 11.6. The molecule has 0 bridgehead atoms. The van der Waals surface area contributed by atoms with Gasteiger partial charge in [0.2, 0.25) is 0 Å². The van der Waals surface area contributed by atoms with Crippen LogP contribution in [0.4, 0.5) is 5.69 Å². The van der Waals surface area contributed by atoms with Crippen molar-refractivity contribution >= 4 is 11.6 Å². The first-order valence-electron chi connectivity index (χ1n) is 6.82. The van der Waals surface area contributed by atoms with Crippen molar-refractivity contribution in [2.75, 3.05) is 12.4 Å². The van der Waals surface area contributed by atoms with E-state index in [2.05, 4.69) is 24.5 Å². The molecular weight excluding hydrogens is 240 g/mol. The van der Waals surface area contributed by atoms with E-state index in [1.54, 1.807) is 7.05 Å². The average Bonchev–Trinajstić information content (AvgIpc) is 2.37. The molecule has 4 heteroatoms. The maximum atomic E-state index is 11.6. The van der Waals surface area contributed by atoms with Crippen LogP contribution < -0.4 is 10.6 Å². The van der Waals surface area contributed by atoms with Gasteiger partial charge in [0, 0.05) is 24.3 Å². The minimum Gasteiger partial charge on any atom is -0.382 e. The Morgan fingerprint density at radius 3 is 2.58 bits per heavy atom. The van der Waals surface area contributed by atoms with Gasteiger partial charge in [-0.15, -0.1) is 0 Å². The second kappa shape index (κ2) is 6.06. The third-order valence-electron chi connectivity index (χ3n) is 3.42. The average molecular weight is 262 g/mol. The molecule has 1 aromatic rings. The van der Waals surface area contributed by atoms with E-state index in [-0.39, 0.29) is 18.1 Å². The molecule has 0 aliphatic carbocycles. The number of nitrogens with one attached hydrogen (secondary N) is 2. The first-order chi connectivity index (χ1) is 9.08. The number of anilines is 1. The van der Waals surface area contributed by atoms with E-state index in [1.165, 1.54) is 0 Å². The van der Waals surface area contributed by atoms with Crippen LogP contribution >= 0.6 is 0 Å². The van der Waals surface area contributed by atoms with Crippen molar-refractivity contribution in [2.24, 2.45) is 0 Å². The Bertz CT molecular complexity index is 438. The summed E-state index contributed by atoms with van der Waals surface area (Å²) in [5.74, 6) is -0.0580. The van der Waals surface area contributed by atoms with Crippen LogP contribution in [0.25, 0.3) is 0 Å². The normalized spacial score (nSPS) is 26.8. The van der Waals surface area contributed by atoms with Gasteiger partial charge in [0.15, 0.2) is 0 Å². The van der Waals surface area contributed by atoms with Gasteiger partial charge in [-0.3, -0.25) is 4.79 Å². The monoisotopic (exact) mass is 262 g/mol. The van der Waals surface area contributed by atoms with Crippen molar-refractivity contribution in [3.05, 3.63) is 29.8 Å². The highest BCUT2D eigenvalue weighted by atomic mass is 16.5. The Morgan fingerprint density at radius 2 is 1.95 bits per heavy atom. The van der Waals surface area contributed by atoms with Gasteiger partial charge in [-0.2, -0.15) is 0 Å². The van der Waals surface area contributed by atoms with E-state index < -0.39 is 0 Å². The third kappa shape index (κ3) is 3.70. The fourth-order valence-electron chi connectivity index (χ4n) is 2.65. The summed E-state index contributed by atoms with van der Waals surface area (Å²) in [6, 6.07) is 8.01. The molecule has 1 aliphatic rings. The minimum atomic E-state index is -0.0580. The highest BCUT2D eigenvalue weighted by Gasteiger charge is 2.24. The standard InChI is InChI=1S/C15H22N2O2/c1-10-7-14(8-11(2)19-10)17-13-6-4-5-12(9-13)15(18)16-3/h4-6,9-11,14,17H,7-8H2,1-3H3,(H,16,18). The Labute approximate surface area is 114 Å². The summed E-state index contributed by atoms with van der Waals surface area (Å²) in [6.07, 6.45) is 2.55. The molecule has 1 heterocycles. The highest BCUT2D eigenvalue weighted by molar-refractivity contribution is 5.94. The van der Waals surface area contributed by atoms with Crippen molar-refractivity contribution in [3.63, 3.8) is 0 Å². The number of benzene rings is 1. The van der Waals surface area contributed by atoms with Gasteiger partial charge < -0.3 is 15.4 Å². The zero-order valence-electron chi connectivity index (χ0n) is 11.8. The zero-order chi connectivity index (χ0) is 13.8. The summed E-state index contributed by atoms with van der Waals surface area (Å²) >= 11 is 0. The second-order valence-electron chi connectivity index (χ2n) is 5.23. The number of hydrogen-bond donors (Lipinski definition) is 2. The fourth-order valence-corrected chi connectivity index (χ4v) is 2.65. The molecular formula is C15H22N2O2. The Hall–Kier alpha value is -1.55. The predicted molar refractivity (Wildman–Crippen MR) is 76.5 cm³/mol. The number of carbonyl (C=O) groups is 1. The molecule has 1 saturated heterocycles. The lowest BCUT2D eigenvalue weighted by Gasteiger charge is -2.33. The number of rotatable bonds is 3. The first kappa shape index (κ1) is 13.9. The molecule has 1 amide bonds. The SMILES string of the molecule is CNC(=O)c1cccc(NC2CC(C)OC(C)C2)c1. The Morgan fingerprint density at radius 1 is 1.26 bits per heavy atom.